The molecule has 1 aliphatic heterocycles. The molecule has 2 N–H and O–H groups in total. The van der Waals surface area contributed by atoms with E-state index in [2.05, 4.69) is 16.3 Å². The zero-order valence-corrected chi connectivity index (χ0v) is 16.6. The number of methoxy groups -OCH3 is 1. The summed E-state index contributed by atoms with van der Waals surface area (Å²) in [4.78, 5) is 23.2. The van der Waals surface area contributed by atoms with Crippen LogP contribution in [0.3, 0.4) is 0 Å². The molecule has 0 aliphatic carbocycles. The summed E-state index contributed by atoms with van der Waals surface area (Å²) >= 11 is 0. The van der Waals surface area contributed by atoms with Gasteiger partial charge in [0.05, 0.1) is 18.2 Å². The Balaban J connectivity index is 1.70. The van der Waals surface area contributed by atoms with Crippen LogP contribution < -0.4 is 10.2 Å². The van der Waals surface area contributed by atoms with Crippen molar-refractivity contribution in [2.24, 2.45) is 0 Å². The highest BCUT2D eigenvalue weighted by Gasteiger charge is 2.24. The second-order valence-corrected chi connectivity index (χ2v) is 7.31. The second kappa shape index (κ2) is 7.95. The minimum absolute atomic E-state index is 0.0895. The summed E-state index contributed by atoms with van der Waals surface area (Å²) in [5, 5.41) is 14.1. The number of para-hydroxylation sites is 1. The first-order valence-electron chi connectivity index (χ1n) is 9.71. The number of carbonyl (C=O) groups is 1. The molecule has 7 nitrogen and oxygen atoms in total. The van der Waals surface area contributed by atoms with E-state index in [1.54, 1.807) is 12.1 Å². The molecule has 0 radical (unpaired) electrons. The summed E-state index contributed by atoms with van der Waals surface area (Å²) in [5.41, 5.74) is 2.58. The van der Waals surface area contributed by atoms with Gasteiger partial charge in [-0.25, -0.2) is 14.8 Å². The van der Waals surface area contributed by atoms with Gasteiger partial charge in [-0.3, -0.25) is 0 Å². The van der Waals surface area contributed by atoms with Gasteiger partial charge in [0.25, 0.3) is 0 Å². The number of aromatic nitrogens is 2. The van der Waals surface area contributed by atoms with Gasteiger partial charge in [0.2, 0.25) is 0 Å². The topological polar surface area (TPSA) is 87.6 Å². The van der Waals surface area contributed by atoms with E-state index in [1.807, 2.05) is 31.2 Å². The number of amides is 1. The predicted octanol–water partition coefficient (Wildman–Crippen LogP) is 3.64. The number of phenols is 1. The molecule has 1 aromatic heterocycles. The molecule has 0 bridgehead atoms. The maximum absolute atomic E-state index is 11.5. The third-order valence-corrected chi connectivity index (χ3v) is 5.28. The Bertz CT molecular complexity index is 1050. The minimum Gasteiger partial charge on any atom is -0.507 e. The molecule has 150 valence electrons. The maximum atomic E-state index is 11.5. The number of nitrogens with zero attached hydrogens (tertiary/aromatic N) is 3. The number of ether oxygens (including phenoxy) is 1. The number of fused-ring (bicyclic) bond motifs is 1. The number of hydrogen-bond donors (Lipinski definition) is 2. The van der Waals surface area contributed by atoms with Crippen LogP contribution in [0.5, 0.6) is 5.75 Å². The Morgan fingerprint density at radius 3 is 2.66 bits per heavy atom. The zero-order chi connectivity index (χ0) is 20.4. The molecule has 29 heavy (non-hydrogen) atoms. The van der Waals surface area contributed by atoms with Gasteiger partial charge in [0, 0.05) is 24.5 Å². The number of benzene rings is 2. The molecule has 2 aromatic carbocycles. The molecule has 0 unspecified atom stereocenters. The van der Waals surface area contributed by atoms with Crippen LogP contribution in [0, 0.1) is 6.92 Å². The number of carbonyl (C=O) groups excluding carboxylic acids is 1. The molecular weight excluding hydrogens is 368 g/mol. The van der Waals surface area contributed by atoms with Gasteiger partial charge in [0.15, 0.2) is 5.82 Å². The average Bonchev–Trinajstić information content (AvgIpc) is 2.73. The third kappa shape index (κ3) is 3.94. The van der Waals surface area contributed by atoms with Gasteiger partial charge < -0.3 is 20.1 Å². The molecule has 0 saturated carbocycles. The van der Waals surface area contributed by atoms with Crippen LogP contribution in [0.1, 0.15) is 18.4 Å². The largest absolute Gasteiger partial charge is 0.507 e. The van der Waals surface area contributed by atoms with E-state index < -0.39 is 6.09 Å². The van der Waals surface area contributed by atoms with Gasteiger partial charge >= 0.3 is 6.09 Å². The molecule has 0 atom stereocenters. The van der Waals surface area contributed by atoms with E-state index in [9.17, 15) is 9.90 Å². The quantitative estimate of drug-likeness (QED) is 0.708. The Hall–Kier alpha value is -3.35. The van der Waals surface area contributed by atoms with Crippen LogP contribution in [-0.2, 0) is 4.74 Å². The fourth-order valence-electron chi connectivity index (χ4n) is 3.71. The van der Waals surface area contributed by atoms with Crippen LogP contribution >= 0.6 is 0 Å². The molecule has 1 aliphatic rings. The highest BCUT2D eigenvalue weighted by Crippen LogP contribution is 2.32. The number of alkyl carbamates (subject to hydrolysis) is 1. The lowest BCUT2D eigenvalue weighted by Gasteiger charge is -2.33. The van der Waals surface area contributed by atoms with Crippen molar-refractivity contribution in [2.75, 3.05) is 25.1 Å². The predicted molar refractivity (Wildman–Crippen MR) is 112 cm³/mol. The SMILES string of the molecule is COC(=O)NC1CCN(c2nc(-c3ccccc3O)nc3cc(C)ccc23)CC1. The fourth-order valence-corrected chi connectivity index (χ4v) is 3.71. The van der Waals surface area contributed by atoms with Crippen molar-refractivity contribution in [3.8, 4) is 17.1 Å². The average molecular weight is 392 g/mol. The van der Waals surface area contributed by atoms with Gasteiger partial charge in [0.1, 0.15) is 11.6 Å². The lowest BCUT2D eigenvalue weighted by atomic mass is 10.0. The van der Waals surface area contributed by atoms with Gasteiger partial charge in [-0.05, 0) is 49.6 Å². The standard InChI is InChI=1S/C22H24N4O3/c1-14-7-8-16-18(13-14)24-20(17-5-3-4-6-19(17)27)25-21(16)26-11-9-15(10-12-26)23-22(28)29-2/h3-8,13,15,27H,9-12H2,1-2H3,(H,23,28). The molecular formula is C22H24N4O3. The normalized spacial score (nSPS) is 14.8. The molecule has 1 fully saturated rings. The van der Waals surface area contributed by atoms with Crippen molar-refractivity contribution in [3.63, 3.8) is 0 Å². The van der Waals surface area contributed by atoms with Crippen molar-refractivity contribution in [1.82, 2.24) is 15.3 Å². The Morgan fingerprint density at radius 1 is 1.17 bits per heavy atom. The van der Waals surface area contributed by atoms with Gasteiger partial charge in [-0.1, -0.05) is 18.2 Å². The molecule has 3 aromatic rings. The number of rotatable bonds is 3. The Morgan fingerprint density at radius 2 is 1.93 bits per heavy atom. The van der Waals surface area contributed by atoms with Gasteiger partial charge in [-0.2, -0.15) is 0 Å². The molecule has 7 heteroatoms. The first-order valence-corrected chi connectivity index (χ1v) is 9.71. The highest BCUT2D eigenvalue weighted by atomic mass is 16.5. The Labute approximate surface area is 169 Å². The number of hydrogen-bond acceptors (Lipinski definition) is 6. The number of phenolic OH excluding ortho intramolecular Hbond substituents is 1. The summed E-state index contributed by atoms with van der Waals surface area (Å²) in [6.45, 7) is 3.55. The van der Waals surface area contributed by atoms with E-state index in [-0.39, 0.29) is 11.8 Å². The summed E-state index contributed by atoms with van der Waals surface area (Å²) in [6, 6.07) is 13.3. The van der Waals surface area contributed by atoms with E-state index >= 15 is 0 Å². The van der Waals surface area contributed by atoms with E-state index in [0.717, 1.165) is 48.2 Å². The number of nitrogens with one attached hydrogen (secondary N) is 1. The zero-order valence-electron chi connectivity index (χ0n) is 16.6. The van der Waals surface area contributed by atoms with Crippen molar-refractivity contribution >= 4 is 22.8 Å². The minimum atomic E-state index is -0.395. The van der Waals surface area contributed by atoms with E-state index in [0.29, 0.717) is 11.4 Å². The molecule has 1 amide bonds. The molecule has 4 rings (SSSR count). The lowest BCUT2D eigenvalue weighted by molar-refractivity contribution is 0.164. The third-order valence-electron chi connectivity index (χ3n) is 5.28. The molecule has 0 spiro atoms. The number of aromatic hydroxyl groups is 1. The van der Waals surface area contributed by atoms with E-state index in [4.69, 9.17) is 14.7 Å². The second-order valence-electron chi connectivity index (χ2n) is 7.31. The fraction of sp³-hybridized carbons (Fsp3) is 0.318. The number of anilines is 1. The summed E-state index contributed by atoms with van der Waals surface area (Å²) < 4.78 is 4.70. The first-order chi connectivity index (χ1) is 14.0. The van der Waals surface area contributed by atoms with Crippen molar-refractivity contribution in [1.29, 1.82) is 0 Å². The number of piperidine rings is 1. The van der Waals surface area contributed by atoms with Crippen molar-refractivity contribution < 1.29 is 14.6 Å². The smallest absolute Gasteiger partial charge is 0.407 e. The first kappa shape index (κ1) is 19.0. The number of aryl methyl sites for hydroxylation is 1. The van der Waals surface area contributed by atoms with Crippen LogP contribution in [-0.4, -0.2) is 47.4 Å². The van der Waals surface area contributed by atoms with Crippen LogP contribution in [0.2, 0.25) is 0 Å². The molecule has 1 saturated heterocycles. The lowest BCUT2D eigenvalue weighted by Crippen LogP contribution is -2.45. The Kier molecular flexibility index (Phi) is 5.20. The van der Waals surface area contributed by atoms with Crippen molar-refractivity contribution in [3.05, 3.63) is 48.0 Å². The summed E-state index contributed by atoms with van der Waals surface area (Å²) in [7, 11) is 1.38. The van der Waals surface area contributed by atoms with Gasteiger partial charge in [-0.15, -0.1) is 0 Å². The monoisotopic (exact) mass is 392 g/mol. The van der Waals surface area contributed by atoms with Crippen LogP contribution in [0.4, 0.5) is 10.6 Å². The van der Waals surface area contributed by atoms with Crippen LogP contribution in [0.25, 0.3) is 22.3 Å². The van der Waals surface area contributed by atoms with E-state index in [1.165, 1.54) is 7.11 Å². The summed E-state index contributed by atoms with van der Waals surface area (Å²) in [6.07, 6.45) is 1.21. The maximum Gasteiger partial charge on any atom is 0.407 e. The summed E-state index contributed by atoms with van der Waals surface area (Å²) in [5.74, 6) is 1.52. The van der Waals surface area contributed by atoms with Crippen LogP contribution in [0.15, 0.2) is 42.5 Å². The van der Waals surface area contributed by atoms with Crippen molar-refractivity contribution in [2.45, 2.75) is 25.8 Å². The highest BCUT2D eigenvalue weighted by molar-refractivity contribution is 5.92. The molecule has 2 heterocycles.